The molecule has 0 radical (unpaired) electrons. The fraction of sp³-hybridized carbons (Fsp3) is 0.278. The van der Waals surface area contributed by atoms with E-state index in [1.165, 1.54) is 7.11 Å². The first-order valence-corrected chi connectivity index (χ1v) is 7.97. The summed E-state index contributed by atoms with van der Waals surface area (Å²) in [6.45, 7) is 2.60. The maximum Gasteiger partial charge on any atom is 0.251 e. The Bertz CT molecular complexity index is 689. The molecule has 0 saturated carbocycles. The number of benzene rings is 2. The molecule has 1 atom stereocenters. The molecule has 0 aliphatic heterocycles. The minimum Gasteiger partial charge on any atom is -0.493 e. The van der Waals surface area contributed by atoms with Crippen molar-refractivity contribution in [2.24, 2.45) is 5.73 Å². The van der Waals surface area contributed by atoms with Crippen molar-refractivity contribution in [3.8, 4) is 11.5 Å². The molecule has 0 unspecified atom stereocenters. The summed E-state index contributed by atoms with van der Waals surface area (Å²) in [5.41, 5.74) is 6.99. The Hall–Kier alpha value is -2.24. The molecule has 0 spiro atoms. The third-order valence-electron chi connectivity index (χ3n) is 3.46. The summed E-state index contributed by atoms with van der Waals surface area (Å²) < 4.78 is 11.1. The number of hydrogen-bond donors (Lipinski definition) is 2. The number of rotatable bonds is 7. The number of amides is 1. The van der Waals surface area contributed by atoms with Crippen molar-refractivity contribution in [2.75, 3.05) is 13.7 Å². The molecule has 5 nitrogen and oxygen atoms in total. The first-order chi connectivity index (χ1) is 11.5. The van der Waals surface area contributed by atoms with E-state index in [0.717, 1.165) is 5.56 Å². The summed E-state index contributed by atoms with van der Waals surface area (Å²) >= 11 is 5.86. The van der Waals surface area contributed by atoms with Gasteiger partial charge in [-0.2, -0.15) is 0 Å². The van der Waals surface area contributed by atoms with Crippen molar-refractivity contribution in [1.29, 1.82) is 0 Å². The highest BCUT2D eigenvalue weighted by Crippen LogP contribution is 2.29. The summed E-state index contributed by atoms with van der Waals surface area (Å²) in [6, 6.07) is 12.4. The lowest BCUT2D eigenvalue weighted by Gasteiger charge is -2.14. The third-order valence-corrected chi connectivity index (χ3v) is 3.72. The van der Waals surface area contributed by atoms with Crippen molar-refractivity contribution in [1.82, 2.24) is 5.32 Å². The van der Waals surface area contributed by atoms with E-state index in [2.05, 4.69) is 5.32 Å². The number of nitrogens with two attached hydrogens (primary N) is 1. The van der Waals surface area contributed by atoms with Gasteiger partial charge in [-0.25, -0.2) is 0 Å². The van der Waals surface area contributed by atoms with Gasteiger partial charge in [-0.05, 0) is 42.8 Å². The van der Waals surface area contributed by atoms with Gasteiger partial charge in [-0.3, -0.25) is 4.79 Å². The van der Waals surface area contributed by atoms with Gasteiger partial charge >= 0.3 is 0 Å². The largest absolute Gasteiger partial charge is 0.493 e. The number of ether oxygens (including phenoxy) is 2. The van der Waals surface area contributed by atoms with Crippen molar-refractivity contribution in [2.45, 2.75) is 19.6 Å². The van der Waals surface area contributed by atoms with Crippen molar-refractivity contribution in [3.63, 3.8) is 0 Å². The zero-order valence-corrected chi connectivity index (χ0v) is 14.5. The van der Waals surface area contributed by atoms with Gasteiger partial charge in [-0.1, -0.05) is 23.7 Å². The summed E-state index contributed by atoms with van der Waals surface area (Å²) in [4.78, 5) is 12.1. The van der Waals surface area contributed by atoms with E-state index in [9.17, 15) is 4.79 Å². The molecule has 2 rings (SSSR count). The van der Waals surface area contributed by atoms with Crippen LogP contribution in [0.5, 0.6) is 11.5 Å². The number of nitrogens with one attached hydrogen (secondary N) is 1. The molecule has 0 fully saturated rings. The smallest absolute Gasteiger partial charge is 0.251 e. The van der Waals surface area contributed by atoms with Crippen molar-refractivity contribution < 1.29 is 14.3 Å². The van der Waals surface area contributed by atoms with Crippen LogP contribution in [0, 0.1) is 0 Å². The number of halogens is 1. The predicted molar refractivity (Wildman–Crippen MR) is 94.8 cm³/mol. The number of methoxy groups -OCH3 is 1. The van der Waals surface area contributed by atoms with E-state index in [-0.39, 0.29) is 11.9 Å². The van der Waals surface area contributed by atoms with Gasteiger partial charge in [0.15, 0.2) is 11.5 Å². The lowest BCUT2D eigenvalue weighted by molar-refractivity contribution is 0.0941. The maximum absolute atomic E-state index is 12.1. The fourth-order valence-electron chi connectivity index (χ4n) is 2.04. The molecule has 1 amide bonds. The molecule has 3 N–H and O–H groups in total. The van der Waals surface area contributed by atoms with Crippen LogP contribution < -0.4 is 20.5 Å². The van der Waals surface area contributed by atoms with Gasteiger partial charge < -0.3 is 20.5 Å². The van der Waals surface area contributed by atoms with Crippen LogP contribution in [0.25, 0.3) is 0 Å². The second-order valence-electron chi connectivity index (χ2n) is 5.39. The Balaban J connectivity index is 2.08. The van der Waals surface area contributed by atoms with Crippen LogP contribution in [0.2, 0.25) is 5.02 Å². The van der Waals surface area contributed by atoms with Gasteiger partial charge in [0.1, 0.15) is 6.61 Å². The minimum atomic E-state index is -0.199. The fourth-order valence-corrected chi connectivity index (χ4v) is 2.16. The zero-order valence-electron chi connectivity index (χ0n) is 13.7. The molecular weight excluding hydrogens is 328 g/mol. The van der Waals surface area contributed by atoms with Crippen LogP contribution in [0.1, 0.15) is 22.8 Å². The Labute approximate surface area is 146 Å². The monoisotopic (exact) mass is 348 g/mol. The lowest BCUT2D eigenvalue weighted by atomic mass is 10.1. The highest BCUT2D eigenvalue weighted by Gasteiger charge is 2.13. The third kappa shape index (κ3) is 4.88. The van der Waals surface area contributed by atoms with Gasteiger partial charge in [0.2, 0.25) is 0 Å². The van der Waals surface area contributed by atoms with Crippen LogP contribution in [-0.4, -0.2) is 25.6 Å². The summed E-state index contributed by atoms with van der Waals surface area (Å²) in [5.74, 6) is 0.864. The Morgan fingerprint density at radius 2 is 1.92 bits per heavy atom. The Morgan fingerprint density at radius 1 is 1.21 bits per heavy atom. The van der Waals surface area contributed by atoms with Gasteiger partial charge in [0.25, 0.3) is 5.91 Å². The summed E-state index contributed by atoms with van der Waals surface area (Å²) in [6.07, 6.45) is 0. The molecule has 0 heterocycles. The molecule has 0 aliphatic rings. The molecule has 0 aliphatic carbocycles. The van der Waals surface area contributed by atoms with E-state index < -0.39 is 0 Å². The van der Waals surface area contributed by atoms with Crippen LogP contribution in [0.3, 0.4) is 0 Å². The van der Waals surface area contributed by atoms with Crippen LogP contribution in [0.4, 0.5) is 0 Å². The standard InChI is InChI=1S/C18H21ClN2O3/c1-12(10-20)21-18(22)14-5-8-16(17(9-14)23-2)24-11-13-3-6-15(19)7-4-13/h3-9,12H,10-11,20H2,1-2H3,(H,21,22)/t12-/m0/s1. The normalized spacial score (nSPS) is 11.7. The predicted octanol–water partition coefficient (Wildman–Crippen LogP) is 3.00. The molecule has 0 saturated heterocycles. The second-order valence-corrected chi connectivity index (χ2v) is 5.83. The average Bonchev–Trinajstić information content (AvgIpc) is 2.60. The summed E-state index contributed by atoms with van der Waals surface area (Å²) in [7, 11) is 1.54. The van der Waals surface area contributed by atoms with Crippen molar-refractivity contribution >= 4 is 17.5 Å². The van der Waals surface area contributed by atoms with Gasteiger partial charge in [0.05, 0.1) is 7.11 Å². The molecule has 2 aromatic carbocycles. The molecule has 24 heavy (non-hydrogen) atoms. The molecule has 2 aromatic rings. The zero-order chi connectivity index (χ0) is 17.5. The lowest BCUT2D eigenvalue weighted by Crippen LogP contribution is -2.37. The first-order valence-electron chi connectivity index (χ1n) is 7.59. The number of hydrogen-bond acceptors (Lipinski definition) is 4. The van der Waals surface area contributed by atoms with Crippen molar-refractivity contribution in [3.05, 3.63) is 58.6 Å². The quantitative estimate of drug-likeness (QED) is 0.806. The van der Waals surface area contributed by atoms with E-state index in [1.54, 1.807) is 18.2 Å². The first kappa shape index (κ1) is 18.1. The number of carbonyl (C=O) groups is 1. The van der Waals surface area contributed by atoms with Crippen LogP contribution in [-0.2, 0) is 6.61 Å². The second kappa shape index (κ2) is 8.57. The Kier molecular flexibility index (Phi) is 6.46. The highest BCUT2D eigenvalue weighted by molar-refractivity contribution is 6.30. The molecule has 0 aromatic heterocycles. The van der Waals surface area contributed by atoms with E-state index in [4.69, 9.17) is 26.8 Å². The van der Waals surface area contributed by atoms with E-state index >= 15 is 0 Å². The van der Waals surface area contributed by atoms with E-state index in [0.29, 0.717) is 35.2 Å². The minimum absolute atomic E-state index is 0.0932. The number of carbonyl (C=O) groups excluding carboxylic acids is 1. The van der Waals surface area contributed by atoms with Crippen LogP contribution in [0.15, 0.2) is 42.5 Å². The molecule has 6 heteroatoms. The molecule has 0 bridgehead atoms. The molecular formula is C18H21ClN2O3. The maximum atomic E-state index is 12.1. The summed E-state index contributed by atoms with van der Waals surface area (Å²) in [5, 5.41) is 3.49. The van der Waals surface area contributed by atoms with E-state index in [1.807, 2.05) is 31.2 Å². The van der Waals surface area contributed by atoms with Gasteiger partial charge in [-0.15, -0.1) is 0 Å². The topological polar surface area (TPSA) is 73.6 Å². The molecule has 128 valence electrons. The SMILES string of the molecule is COc1cc(C(=O)N[C@@H](C)CN)ccc1OCc1ccc(Cl)cc1. The van der Waals surface area contributed by atoms with Gasteiger partial charge in [0, 0.05) is 23.2 Å². The average molecular weight is 349 g/mol. The highest BCUT2D eigenvalue weighted by atomic mass is 35.5. The Morgan fingerprint density at radius 3 is 2.54 bits per heavy atom. The van der Waals surface area contributed by atoms with Crippen LogP contribution >= 0.6 is 11.6 Å².